The Labute approximate surface area is 130 Å². The molecule has 2 N–H and O–H groups in total. The van der Waals surface area contributed by atoms with Gasteiger partial charge in [0.1, 0.15) is 0 Å². The molecular formula is C17H18N2OS. The molecule has 0 radical (unpaired) electrons. The van der Waals surface area contributed by atoms with Gasteiger partial charge in [0, 0.05) is 5.69 Å². The number of hydrogen-bond acceptors (Lipinski definition) is 2. The first-order chi connectivity index (χ1) is 10.0. The third-order valence-corrected chi connectivity index (χ3v) is 3.29. The summed E-state index contributed by atoms with van der Waals surface area (Å²) in [6.07, 6.45) is 0.315. The molecule has 108 valence electrons. The lowest BCUT2D eigenvalue weighted by Crippen LogP contribution is -2.35. The maximum absolute atomic E-state index is 11.9. The van der Waals surface area contributed by atoms with Crippen molar-refractivity contribution in [2.45, 2.75) is 20.3 Å². The molecule has 2 aromatic rings. The van der Waals surface area contributed by atoms with Crippen molar-refractivity contribution in [1.29, 1.82) is 0 Å². The minimum atomic E-state index is -0.122. The van der Waals surface area contributed by atoms with Gasteiger partial charge in [0.2, 0.25) is 5.91 Å². The number of carbonyl (C=O) groups is 1. The van der Waals surface area contributed by atoms with Crippen LogP contribution in [0.5, 0.6) is 0 Å². The number of rotatable bonds is 3. The van der Waals surface area contributed by atoms with E-state index in [-0.39, 0.29) is 5.91 Å². The summed E-state index contributed by atoms with van der Waals surface area (Å²) in [5.41, 5.74) is 4.15. The predicted octanol–water partition coefficient (Wildman–Crippen LogP) is 3.36. The molecule has 2 rings (SSSR count). The molecule has 0 aliphatic rings. The van der Waals surface area contributed by atoms with E-state index in [0.29, 0.717) is 11.5 Å². The Hall–Kier alpha value is -2.20. The Bertz CT molecular complexity index is 653. The molecule has 2 aromatic carbocycles. The number of anilines is 1. The second-order valence-electron chi connectivity index (χ2n) is 4.98. The van der Waals surface area contributed by atoms with Gasteiger partial charge in [0.25, 0.3) is 0 Å². The highest BCUT2D eigenvalue weighted by molar-refractivity contribution is 7.80. The highest BCUT2D eigenvalue weighted by atomic mass is 32.1. The number of thiocarbonyl (C=S) groups is 1. The van der Waals surface area contributed by atoms with Crippen LogP contribution in [-0.2, 0) is 11.2 Å². The van der Waals surface area contributed by atoms with Gasteiger partial charge in [0.05, 0.1) is 6.42 Å². The minimum Gasteiger partial charge on any atom is -0.332 e. The maximum atomic E-state index is 11.9. The number of hydrogen-bond donors (Lipinski definition) is 2. The zero-order valence-electron chi connectivity index (χ0n) is 12.1. The van der Waals surface area contributed by atoms with Gasteiger partial charge in [0.15, 0.2) is 5.11 Å². The average molecular weight is 298 g/mol. The molecule has 0 aliphatic heterocycles. The molecule has 0 atom stereocenters. The van der Waals surface area contributed by atoms with Gasteiger partial charge in [-0.1, -0.05) is 48.0 Å². The van der Waals surface area contributed by atoms with E-state index in [4.69, 9.17) is 12.2 Å². The molecule has 0 fully saturated rings. The largest absolute Gasteiger partial charge is 0.332 e. The molecule has 0 spiro atoms. The standard InChI is InChI=1S/C17H18N2OS/c1-12-8-9-15(13(2)10-12)18-17(21)19-16(20)11-14-6-4-3-5-7-14/h3-10H,11H2,1-2H3,(H2,18,19,20,21). The first kappa shape index (κ1) is 15.2. The van der Waals surface area contributed by atoms with Gasteiger partial charge in [-0.15, -0.1) is 0 Å². The van der Waals surface area contributed by atoms with Crippen LogP contribution in [0.3, 0.4) is 0 Å². The Kier molecular flexibility index (Phi) is 5.06. The fourth-order valence-electron chi connectivity index (χ4n) is 2.06. The van der Waals surface area contributed by atoms with Gasteiger partial charge in [-0.3, -0.25) is 4.79 Å². The van der Waals surface area contributed by atoms with Gasteiger partial charge in [-0.05, 0) is 43.3 Å². The number of amides is 1. The molecular weight excluding hydrogens is 280 g/mol. The van der Waals surface area contributed by atoms with E-state index in [1.807, 2.05) is 56.3 Å². The van der Waals surface area contributed by atoms with Crippen molar-refractivity contribution < 1.29 is 4.79 Å². The fourth-order valence-corrected chi connectivity index (χ4v) is 2.28. The SMILES string of the molecule is Cc1ccc(NC(=S)NC(=O)Cc2ccccc2)c(C)c1. The van der Waals surface area contributed by atoms with Crippen molar-refractivity contribution in [3.63, 3.8) is 0 Å². The predicted molar refractivity (Wildman–Crippen MR) is 90.4 cm³/mol. The van der Waals surface area contributed by atoms with Crippen LogP contribution in [0.2, 0.25) is 0 Å². The van der Waals surface area contributed by atoms with Crippen molar-refractivity contribution in [2.75, 3.05) is 5.32 Å². The van der Waals surface area contributed by atoms with Crippen molar-refractivity contribution in [2.24, 2.45) is 0 Å². The van der Waals surface area contributed by atoms with Crippen LogP contribution in [0.15, 0.2) is 48.5 Å². The first-order valence-corrected chi connectivity index (χ1v) is 7.17. The summed E-state index contributed by atoms with van der Waals surface area (Å²) in [6.45, 7) is 4.04. The quantitative estimate of drug-likeness (QED) is 0.854. The van der Waals surface area contributed by atoms with Crippen LogP contribution in [-0.4, -0.2) is 11.0 Å². The Morgan fingerprint density at radius 1 is 1.10 bits per heavy atom. The Balaban J connectivity index is 1.91. The lowest BCUT2D eigenvalue weighted by molar-refractivity contribution is -0.119. The van der Waals surface area contributed by atoms with E-state index in [1.54, 1.807) is 0 Å². The van der Waals surface area contributed by atoms with Crippen molar-refractivity contribution in [3.8, 4) is 0 Å². The van der Waals surface area contributed by atoms with Gasteiger partial charge in [-0.25, -0.2) is 0 Å². The third kappa shape index (κ3) is 4.68. The first-order valence-electron chi connectivity index (χ1n) is 6.76. The maximum Gasteiger partial charge on any atom is 0.230 e. The van der Waals surface area contributed by atoms with Crippen LogP contribution in [0, 0.1) is 13.8 Å². The zero-order chi connectivity index (χ0) is 15.2. The summed E-state index contributed by atoms with van der Waals surface area (Å²) in [6, 6.07) is 15.6. The highest BCUT2D eigenvalue weighted by Crippen LogP contribution is 2.15. The number of carbonyl (C=O) groups excluding carboxylic acids is 1. The Morgan fingerprint density at radius 2 is 1.81 bits per heavy atom. The third-order valence-electron chi connectivity index (χ3n) is 3.09. The second kappa shape index (κ2) is 6.99. The highest BCUT2D eigenvalue weighted by Gasteiger charge is 2.07. The normalized spacial score (nSPS) is 10.0. The summed E-state index contributed by atoms with van der Waals surface area (Å²) in [5.74, 6) is -0.122. The second-order valence-corrected chi connectivity index (χ2v) is 5.39. The lowest BCUT2D eigenvalue weighted by atomic mass is 10.1. The molecule has 0 saturated heterocycles. The topological polar surface area (TPSA) is 41.1 Å². The van der Waals surface area contributed by atoms with E-state index in [9.17, 15) is 4.79 Å². The van der Waals surface area contributed by atoms with Crippen molar-refractivity contribution >= 4 is 28.9 Å². The van der Waals surface area contributed by atoms with E-state index in [1.165, 1.54) is 5.56 Å². The number of nitrogens with one attached hydrogen (secondary N) is 2. The van der Waals surface area contributed by atoms with Crippen LogP contribution in [0.1, 0.15) is 16.7 Å². The summed E-state index contributed by atoms with van der Waals surface area (Å²) in [4.78, 5) is 11.9. The van der Waals surface area contributed by atoms with E-state index in [2.05, 4.69) is 16.7 Å². The summed E-state index contributed by atoms with van der Waals surface area (Å²) < 4.78 is 0. The molecule has 1 amide bonds. The molecule has 21 heavy (non-hydrogen) atoms. The molecule has 0 heterocycles. The van der Waals surface area contributed by atoms with E-state index >= 15 is 0 Å². The summed E-state index contributed by atoms with van der Waals surface area (Å²) in [7, 11) is 0. The van der Waals surface area contributed by atoms with Gasteiger partial charge >= 0.3 is 0 Å². The van der Waals surface area contributed by atoms with Crippen LogP contribution < -0.4 is 10.6 Å². The number of benzene rings is 2. The lowest BCUT2D eigenvalue weighted by Gasteiger charge is -2.12. The van der Waals surface area contributed by atoms with Crippen LogP contribution in [0.25, 0.3) is 0 Å². The van der Waals surface area contributed by atoms with Gasteiger partial charge in [-0.2, -0.15) is 0 Å². The molecule has 0 bridgehead atoms. The van der Waals surface area contributed by atoms with Gasteiger partial charge < -0.3 is 10.6 Å². The van der Waals surface area contributed by atoms with Crippen LogP contribution in [0.4, 0.5) is 5.69 Å². The molecule has 0 unspecified atom stereocenters. The molecule has 0 aliphatic carbocycles. The molecule has 0 aromatic heterocycles. The fraction of sp³-hybridized carbons (Fsp3) is 0.176. The molecule has 3 nitrogen and oxygen atoms in total. The summed E-state index contributed by atoms with van der Waals surface area (Å²) in [5, 5.41) is 6.08. The van der Waals surface area contributed by atoms with Crippen molar-refractivity contribution in [1.82, 2.24) is 5.32 Å². The zero-order valence-corrected chi connectivity index (χ0v) is 13.0. The van der Waals surface area contributed by atoms with E-state index in [0.717, 1.165) is 16.8 Å². The van der Waals surface area contributed by atoms with E-state index < -0.39 is 0 Å². The average Bonchev–Trinajstić information content (AvgIpc) is 2.43. The van der Waals surface area contributed by atoms with Crippen molar-refractivity contribution in [3.05, 3.63) is 65.2 Å². The van der Waals surface area contributed by atoms with Crippen LogP contribution >= 0.6 is 12.2 Å². The number of aryl methyl sites for hydroxylation is 2. The smallest absolute Gasteiger partial charge is 0.230 e. The monoisotopic (exact) mass is 298 g/mol. The minimum absolute atomic E-state index is 0.122. The Morgan fingerprint density at radius 3 is 2.48 bits per heavy atom. The molecule has 0 saturated carbocycles. The summed E-state index contributed by atoms with van der Waals surface area (Å²) >= 11 is 5.18. The molecule has 4 heteroatoms.